The van der Waals surface area contributed by atoms with Gasteiger partial charge in [0.1, 0.15) is 0 Å². The van der Waals surface area contributed by atoms with Crippen molar-refractivity contribution in [2.24, 2.45) is 5.73 Å². The van der Waals surface area contributed by atoms with Gasteiger partial charge in [0.2, 0.25) is 5.91 Å². The van der Waals surface area contributed by atoms with Crippen molar-refractivity contribution >= 4 is 11.9 Å². The number of carboxylic acids is 1. The Bertz CT molecular complexity index is 344. The molecule has 1 unspecified atom stereocenters. The fourth-order valence-electron chi connectivity index (χ4n) is 3.12. The lowest BCUT2D eigenvalue weighted by molar-refractivity contribution is -0.908. The van der Waals surface area contributed by atoms with Crippen molar-refractivity contribution in [1.82, 2.24) is 0 Å². The highest BCUT2D eigenvalue weighted by atomic mass is 16.4. The van der Waals surface area contributed by atoms with Crippen LogP contribution >= 0.6 is 0 Å². The molecule has 0 aromatic heterocycles. The summed E-state index contributed by atoms with van der Waals surface area (Å²) in [4.78, 5) is 21.0. The summed E-state index contributed by atoms with van der Waals surface area (Å²) in [6.45, 7) is 6.71. The lowest BCUT2D eigenvalue weighted by Crippen LogP contribution is -2.51. The van der Waals surface area contributed by atoms with Gasteiger partial charge in [0.25, 0.3) is 0 Å². The Morgan fingerprint density at radius 2 is 1.44 bits per heavy atom. The monoisotopic (exact) mass is 359 g/mol. The van der Waals surface area contributed by atoms with E-state index in [1.807, 2.05) is 14.1 Å². The first kappa shape index (κ1) is 26.1. The molecule has 5 heteroatoms. The number of quaternary nitrogens is 1. The summed E-state index contributed by atoms with van der Waals surface area (Å²) < 4.78 is 0.597. The molecule has 0 radical (unpaired) electrons. The van der Waals surface area contributed by atoms with Crippen LogP contribution in [0.5, 0.6) is 0 Å². The lowest BCUT2D eigenvalue weighted by atomic mass is 10.1. The van der Waals surface area contributed by atoms with E-state index in [-0.39, 0.29) is 12.5 Å². The van der Waals surface area contributed by atoms with E-state index in [0.29, 0.717) is 16.9 Å². The fourth-order valence-corrected chi connectivity index (χ4v) is 3.12. The van der Waals surface area contributed by atoms with Gasteiger partial charge >= 0.3 is 5.97 Å². The van der Waals surface area contributed by atoms with Crippen LogP contribution in [-0.4, -0.2) is 48.1 Å². The molecule has 0 aliphatic rings. The SMILES string of the molecule is CCCC(CC)[N+](C)(C)CC(=O)O.CCCCCCCCCC(N)=O. The van der Waals surface area contributed by atoms with Crippen LogP contribution in [0.3, 0.4) is 0 Å². The van der Waals surface area contributed by atoms with Gasteiger partial charge < -0.3 is 15.3 Å². The van der Waals surface area contributed by atoms with Crippen LogP contribution in [0, 0.1) is 0 Å². The highest BCUT2D eigenvalue weighted by Crippen LogP contribution is 2.15. The predicted molar refractivity (Wildman–Crippen MR) is 105 cm³/mol. The predicted octanol–water partition coefficient (Wildman–Crippen LogP) is 4.34. The third kappa shape index (κ3) is 17.5. The largest absolute Gasteiger partial charge is 0.477 e. The summed E-state index contributed by atoms with van der Waals surface area (Å²) in [6.07, 6.45) is 12.5. The number of hydrogen-bond acceptors (Lipinski definition) is 2. The molecular weight excluding hydrogens is 316 g/mol. The van der Waals surface area contributed by atoms with Gasteiger partial charge in [0.15, 0.2) is 6.54 Å². The van der Waals surface area contributed by atoms with Crippen LogP contribution < -0.4 is 5.73 Å². The number of hydrogen-bond donors (Lipinski definition) is 2. The summed E-state index contributed by atoms with van der Waals surface area (Å²) in [5, 5.41) is 8.75. The molecule has 0 bridgehead atoms. The van der Waals surface area contributed by atoms with Gasteiger partial charge in [0.05, 0.1) is 20.1 Å². The van der Waals surface area contributed by atoms with E-state index in [1.54, 1.807) is 0 Å². The van der Waals surface area contributed by atoms with E-state index in [0.717, 1.165) is 32.1 Å². The molecular formula is C20H43N2O3+. The smallest absolute Gasteiger partial charge is 0.359 e. The second-order valence-corrected chi connectivity index (χ2v) is 7.52. The molecule has 0 aromatic carbocycles. The molecule has 0 spiro atoms. The van der Waals surface area contributed by atoms with Gasteiger partial charge in [-0.3, -0.25) is 4.79 Å². The average Bonchev–Trinajstić information content (AvgIpc) is 2.50. The molecule has 0 saturated heterocycles. The highest BCUT2D eigenvalue weighted by Gasteiger charge is 2.28. The average molecular weight is 360 g/mol. The fraction of sp³-hybridized carbons (Fsp3) is 0.900. The highest BCUT2D eigenvalue weighted by molar-refractivity contribution is 5.73. The summed E-state index contributed by atoms with van der Waals surface area (Å²) in [5.41, 5.74) is 5.02. The summed E-state index contributed by atoms with van der Waals surface area (Å²) in [7, 11) is 4.00. The zero-order valence-electron chi connectivity index (χ0n) is 17.4. The van der Waals surface area contributed by atoms with Gasteiger partial charge in [-0.2, -0.15) is 0 Å². The summed E-state index contributed by atoms with van der Waals surface area (Å²) in [6, 6.07) is 0.473. The number of aliphatic carboxylic acids is 1. The van der Waals surface area contributed by atoms with E-state index < -0.39 is 5.97 Å². The first-order chi connectivity index (χ1) is 11.7. The molecule has 0 rings (SSSR count). The Labute approximate surface area is 155 Å². The van der Waals surface area contributed by atoms with Crippen LogP contribution in [0.2, 0.25) is 0 Å². The van der Waals surface area contributed by atoms with Gasteiger partial charge in [-0.1, -0.05) is 65.7 Å². The Morgan fingerprint density at radius 3 is 1.84 bits per heavy atom. The molecule has 1 atom stereocenters. The number of nitrogens with zero attached hydrogens (tertiary/aromatic N) is 1. The van der Waals surface area contributed by atoms with Crippen molar-refractivity contribution in [3.05, 3.63) is 0 Å². The maximum absolute atomic E-state index is 10.6. The zero-order valence-corrected chi connectivity index (χ0v) is 17.4. The Balaban J connectivity index is 0. The maximum Gasteiger partial charge on any atom is 0.359 e. The van der Waals surface area contributed by atoms with Crippen LogP contribution in [0.15, 0.2) is 0 Å². The molecule has 0 fully saturated rings. The lowest BCUT2D eigenvalue weighted by Gasteiger charge is -2.36. The number of carbonyl (C=O) groups excluding carboxylic acids is 1. The first-order valence-corrected chi connectivity index (χ1v) is 10.0. The normalized spacial score (nSPS) is 12.2. The molecule has 5 nitrogen and oxygen atoms in total. The van der Waals surface area contributed by atoms with E-state index in [1.165, 1.54) is 32.1 Å². The van der Waals surface area contributed by atoms with Crippen LogP contribution in [0.1, 0.15) is 91.4 Å². The molecule has 3 N–H and O–H groups in total. The molecule has 0 aliphatic heterocycles. The Morgan fingerprint density at radius 1 is 0.920 bits per heavy atom. The van der Waals surface area contributed by atoms with Crippen molar-refractivity contribution in [2.75, 3.05) is 20.6 Å². The molecule has 25 heavy (non-hydrogen) atoms. The van der Waals surface area contributed by atoms with E-state index in [9.17, 15) is 9.59 Å². The quantitative estimate of drug-likeness (QED) is 0.357. The van der Waals surface area contributed by atoms with Crippen molar-refractivity contribution in [3.63, 3.8) is 0 Å². The second-order valence-electron chi connectivity index (χ2n) is 7.52. The third-order valence-corrected chi connectivity index (χ3v) is 4.65. The molecule has 0 heterocycles. The van der Waals surface area contributed by atoms with Crippen molar-refractivity contribution < 1.29 is 19.2 Å². The van der Waals surface area contributed by atoms with E-state index >= 15 is 0 Å². The number of primary amides is 1. The maximum atomic E-state index is 10.6. The number of carboxylic acid groups (broad SMARTS) is 1. The third-order valence-electron chi connectivity index (χ3n) is 4.65. The minimum atomic E-state index is -0.709. The molecule has 1 amide bonds. The van der Waals surface area contributed by atoms with Crippen molar-refractivity contribution in [3.8, 4) is 0 Å². The number of nitrogens with two attached hydrogens (primary N) is 1. The number of unbranched alkanes of at least 4 members (excludes halogenated alkanes) is 6. The Hall–Kier alpha value is -1.10. The van der Waals surface area contributed by atoms with Gasteiger partial charge in [-0.05, 0) is 19.3 Å². The van der Waals surface area contributed by atoms with Crippen LogP contribution in [-0.2, 0) is 9.59 Å². The second kappa shape index (κ2) is 16.4. The van der Waals surface area contributed by atoms with Gasteiger partial charge in [0, 0.05) is 6.42 Å². The standard InChI is InChI=1S/C10H21NO2.C10H21NO/c1-5-7-9(6-2)11(3,4)8-10(12)13;1-2-3-4-5-6-7-8-9-10(11)12/h9H,5-8H2,1-4H3;2-9H2,1H3,(H2,11,12)/p+1. The van der Waals surface area contributed by atoms with Crippen molar-refractivity contribution in [2.45, 2.75) is 97.4 Å². The summed E-state index contributed by atoms with van der Waals surface area (Å²) >= 11 is 0. The molecule has 0 aliphatic carbocycles. The number of likely N-dealkylation sites (N-methyl/N-ethyl adjacent to an activating group) is 1. The van der Waals surface area contributed by atoms with Crippen molar-refractivity contribution in [1.29, 1.82) is 0 Å². The topological polar surface area (TPSA) is 80.4 Å². The minimum Gasteiger partial charge on any atom is -0.477 e. The molecule has 150 valence electrons. The first-order valence-electron chi connectivity index (χ1n) is 10.0. The Kier molecular flexibility index (Phi) is 17.1. The number of amides is 1. The van der Waals surface area contributed by atoms with Crippen LogP contribution in [0.4, 0.5) is 0 Å². The van der Waals surface area contributed by atoms with Gasteiger partial charge in [-0.15, -0.1) is 0 Å². The van der Waals surface area contributed by atoms with Crippen LogP contribution in [0.25, 0.3) is 0 Å². The minimum absolute atomic E-state index is 0.163. The summed E-state index contributed by atoms with van der Waals surface area (Å²) in [5.74, 6) is -0.872. The molecule has 0 saturated carbocycles. The number of carbonyl (C=O) groups is 2. The van der Waals surface area contributed by atoms with E-state index in [2.05, 4.69) is 20.8 Å². The van der Waals surface area contributed by atoms with Gasteiger partial charge in [-0.25, -0.2) is 4.79 Å². The zero-order chi connectivity index (χ0) is 19.7. The number of rotatable bonds is 14. The molecule has 0 aromatic rings. The van der Waals surface area contributed by atoms with E-state index in [4.69, 9.17) is 10.8 Å².